The van der Waals surface area contributed by atoms with Gasteiger partial charge in [0.05, 0.1) is 23.6 Å². The first-order chi connectivity index (χ1) is 14.2. The van der Waals surface area contributed by atoms with Crippen LogP contribution in [0.3, 0.4) is 0 Å². The third-order valence-corrected chi connectivity index (χ3v) is 5.74. The van der Waals surface area contributed by atoms with Crippen LogP contribution in [0.1, 0.15) is 30.7 Å². The first-order valence-electron chi connectivity index (χ1n) is 10.2. The van der Waals surface area contributed by atoms with Gasteiger partial charge in [-0.1, -0.05) is 24.3 Å². The summed E-state index contributed by atoms with van der Waals surface area (Å²) < 4.78 is 10.8. The van der Waals surface area contributed by atoms with Gasteiger partial charge in [-0.05, 0) is 49.1 Å². The average Bonchev–Trinajstić information content (AvgIpc) is 3.20. The molecule has 1 fully saturated rings. The molecule has 0 unspecified atom stereocenters. The minimum Gasteiger partial charge on any atom is -0.497 e. The van der Waals surface area contributed by atoms with Crippen LogP contribution in [0.5, 0.6) is 5.75 Å². The van der Waals surface area contributed by atoms with E-state index < -0.39 is 5.41 Å². The third-order valence-electron chi connectivity index (χ3n) is 5.74. The highest BCUT2D eigenvalue weighted by Crippen LogP contribution is 2.36. The standard InChI is InChI=1S/C23H27N3O3/c1-28-18-10-8-17(9-11-18)23(12-15-29-16-13-23)22(27)24-14-4-7-21-25-19-5-2-3-6-20(19)26-21/h2-3,5-6,8-11H,4,7,12-16H2,1H3,(H,24,27)(H,25,26). The molecule has 0 saturated carbocycles. The zero-order valence-electron chi connectivity index (χ0n) is 16.7. The number of carbonyl (C=O) groups excluding carboxylic acids is 1. The van der Waals surface area contributed by atoms with E-state index in [1.807, 2.05) is 48.5 Å². The highest BCUT2D eigenvalue weighted by atomic mass is 16.5. The van der Waals surface area contributed by atoms with Crippen molar-refractivity contribution in [1.82, 2.24) is 15.3 Å². The Bertz CT molecular complexity index is 926. The minimum atomic E-state index is -0.538. The number of imidazole rings is 1. The van der Waals surface area contributed by atoms with Gasteiger partial charge < -0.3 is 19.8 Å². The Labute approximate surface area is 170 Å². The van der Waals surface area contributed by atoms with Gasteiger partial charge in [-0.3, -0.25) is 4.79 Å². The van der Waals surface area contributed by atoms with Gasteiger partial charge in [-0.25, -0.2) is 4.98 Å². The van der Waals surface area contributed by atoms with Gasteiger partial charge in [0.1, 0.15) is 11.6 Å². The van der Waals surface area contributed by atoms with E-state index in [9.17, 15) is 4.79 Å². The Morgan fingerprint density at radius 1 is 1.17 bits per heavy atom. The number of nitrogens with zero attached hydrogens (tertiary/aromatic N) is 1. The second kappa shape index (κ2) is 8.66. The molecule has 1 saturated heterocycles. The van der Waals surface area contributed by atoms with Gasteiger partial charge in [0, 0.05) is 26.2 Å². The van der Waals surface area contributed by atoms with E-state index in [1.165, 1.54) is 0 Å². The van der Waals surface area contributed by atoms with Gasteiger partial charge in [0.25, 0.3) is 0 Å². The molecule has 29 heavy (non-hydrogen) atoms. The second-order valence-electron chi connectivity index (χ2n) is 7.48. The van der Waals surface area contributed by atoms with Crippen molar-refractivity contribution >= 4 is 16.9 Å². The summed E-state index contributed by atoms with van der Waals surface area (Å²) in [5, 5.41) is 3.16. The van der Waals surface area contributed by atoms with E-state index in [-0.39, 0.29) is 5.91 Å². The van der Waals surface area contributed by atoms with Crippen molar-refractivity contribution in [2.24, 2.45) is 0 Å². The van der Waals surface area contributed by atoms with E-state index in [1.54, 1.807) is 7.11 Å². The lowest BCUT2D eigenvalue weighted by molar-refractivity contribution is -0.130. The fourth-order valence-corrected chi connectivity index (χ4v) is 4.03. The van der Waals surface area contributed by atoms with Gasteiger partial charge in [-0.15, -0.1) is 0 Å². The predicted octanol–water partition coefficient (Wildman–Crippen LogP) is 3.37. The van der Waals surface area contributed by atoms with E-state index in [0.29, 0.717) is 32.6 Å². The maximum atomic E-state index is 13.2. The maximum Gasteiger partial charge on any atom is 0.230 e. The predicted molar refractivity (Wildman–Crippen MR) is 112 cm³/mol. The van der Waals surface area contributed by atoms with Crippen LogP contribution in [-0.4, -0.2) is 42.7 Å². The number of fused-ring (bicyclic) bond motifs is 1. The number of methoxy groups -OCH3 is 1. The lowest BCUT2D eigenvalue weighted by Gasteiger charge is -2.36. The topological polar surface area (TPSA) is 76.2 Å². The lowest BCUT2D eigenvalue weighted by Crippen LogP contribution is -2.48. The summed E-state index contributed by atoms with van der Waals surface area (Å²) in [4.78, 5) is 21.1. The Hall–Kier alpha value is -2.86. The SMILES string of the molecule is COc1ccc(C2(C(=O)NCCCc3nc4ccccc4[nH]3)CCOCC2)cc1. The fraction of sp³-hybridized carbons (Fsp3) is 0.391. The molecule has 152 valence electrons. The van der Waals surface area contributed by atoms with Crippen LogP contribution in [0.25, 0.3) is 11.0 Å². The molecular formula is C23H27N3O3. The number of hydrogen-bond donors (Lipinski definition) is 2. The van der Waals surface area contributed by atoms with Crippen molar-refractivity contribution in [3.63, 3.8) is 0 Å². The van der Waals surface area contributed by atoms with Crippen LogP contribution in [0, 0.1) is 0 Å². The van der Waals surface area contributed by atoms with Crippen molar-refractivity contribution in [2.45, 2.75) is 31.1 Å². The summed E-state index contributed by atoms with van der Waals surface area (Å²) >= 11 is 0. The van der Waals surface area contributed by atoms with Gasteiger partial charge in [0.2, 0.25) is 5.91 Å². The number of carbonyl (C=O) groups is 1. The molecule has 6 nitrogen and oxygen atoms in total. The number of aryl methyl sites for hydroxylation is 1. The molecule has 1 aliphatic rings. The van der Waals surface area contributed by atoms with E-state index in [0.717, 1.165) is 41.0 Å². The van der Waals surface area contributed by atoms with Crippen LogP contribution >= 0.6 is 0 Å². The smallest absolute Gasteiger partial charge is 0.230 e. The molecule has 0 radical (unpaired) electrons. The summed E-state index contributed by atoms with van der Waals surface area (Å²) in [5.41, 5.74) is 2.51. The average molecular weight is 393 g/mol. The van der Waals surface area contributed by atoms with Crippen LogP contribution in [0.4, 0.5) is 0 Å². The number of H-pyrrole nitrogens is 1. The highest BCUT2D eigenvalue weighted by Gasteiger charge is 2.41. The van der Waals surface area contributed by atoms with Crippen molar-refractivity contribution in [3.8, 4) is 5.75 Å². The first-order valence-corrected chi connectivity index (χ1v) is 10.2. The van der Waals surface area contributed by atoms with Crippen molar-refractivity contribution in [3.05, 3.63) is 59.9 Å². The molecule has 0 atom stereocenters. The van der Waals surface area contributed by atoms with Gasteiger partial charge in [-0.2, -0.15) is 0 Å². The molecule has 3 aromatic rings. The number of aromatic amines is 1. The zero-order valence-corrected chi connectivity index (χ0v) is 16.7. The zero-order chi connectivity index (χ0) is 20.1. The molecule has 0 bridgehead atoms. The number of ether oxygens (including phenoxy) is 2. The number of amides is 1. The monoisotopic (exact) mass is 393 g/mol. The molecule has 1 aliphatic heterocycles. The Kier molecular flexibility index (Phi) is 5.81. The molecule has 2 heterocycles. The van der Waals surface area contributed by atoms with Crippen molar-refractivity contribution in [1.29, 1.82) is 0 Å². The third kappa shape index (κ3) is 4.12. The second-order valence-corrected chi connectivity index (χ2v) is 7.48. The molecule has 0 aliphatic carbocycles. The van der Waals surface area contributed by atoms with E-state index in [2.05, 4.69) is 15.3 Å². The molecule has 2 N–H and O–H groups in total. The van der Waals surface area contributed by atoms with Crippen LogP contribution in [0.15, 0.2) is 48.5 Å². The Morgan fingerprint density at radius 3 is 2.66 bits per heavy atom. The number of nitrogens with one attached hydrogen (secondary N) is 2. The van der Waals surface area contributed by atoms with Crippen molar-refractivity contribution in [2.75, 3.05) is 26.9 Å². The van der Waals surface area contributed by atoms with E-state index in [4.69, 9.17) is 9.47 Å². The van der Waals surface area contributed by atoms with Crippen LogP contribution in [-0.2, 0) is 21.4 Å². The summed E-state index contributed by atoms with van der Waals surface area (Å²) in [7, 11) is 1.65. The number of rotatable bonds is 7. The Morgan fingerprint density at radius 2 is 1.93 bits per heavy atom. The normalized spacial score (nSPS) is 15.9. The molecule has 6 heteroatoms. The number of hydrogen-bond acceptors (Lipinski definition) is 4. The molecule has 1 amide bonds. The van der Waals surface area contributed by atoms with E-state index >= 15 is 0 Å². The lowest BCUT2D eigenvalue weighted by atomic mass is 9.73. The summed E-state index contributed by atoms with van der Waals surface area (Å²) in [6.45, 7) is 1.81. The minimum absolute atomic E-state index is 0.0792. The largest absolute Gasteiger partial charge is 0.497 e. The molecule has 2 aromatic carbocycles. The summed E-state index contributed by atoms with van der Waals surface area (Å²) in [6.07, 6.45) is 3.01. The highest BCUT2D eigenvalue weighted by molar-refractivity contribution is 5.88. The fourth-order valence-electron chi connectivity index (χ4n) is 4.03. The summed E-state index contributed by atoms with van der Waals surface area (Å²) in [5.74, 6) is 1.83. The summed E-state index contributed by atoms with van der Waals surface area (Å²) in [6, 6.07) is 15.8. The maximum absolute atomic E-state index is 13.2. The van der Waals surface area contributed by atoms with Crippen molar-refractivity contribution < 1.29 is 14.3 Å². The molecule has 1 aromatic heterocycles. The number of aromatic nitrogens is 2. The molecule has 0 spiro atoms. The number of benzene rings is 2. The van der Waals surface area contributed by atoms with Crippen LogP contribution < -0.4 is 10.1 Å². The Balaban J connectivity index is 1.38. The first kappa shape index (κ1) is 19.5. The van der Waals surface area contributed by atoms with Crippen LogP contribution in [0.2, 0.25) is 0 Å². The molecular weight excluding hydrogens is 366 g/mol. The van der Waals surface area contributed by atoms with Gasteiger partial charge in [0.15, 0.2) is 0 Å². The van der Waals surface area contributed by atoms with Gasteiger partial charge >= 0.3 is 0 Å². The number of para-hydroxylation sites is 2. The quantitative estimate of drug-likeness (QED) is 0.604. The molecule has 4 rings (SSSR count).